The second-order valence-corrected chi connectivity index (χ2v) is 5.93. The highest BCUT2D eigenvalue weighted by atomic mass is 19.1. The first-order valence-corrected chi connectivity index (χ1v) is 8.34. The van der Waals surface area contributed by atoms with E-state index in [-0.39, 0.29) is 23.5 Å². The zero-order chi connectivity index (χ0) is 17.8. The molecule has 7 heteroatoms. The maximum Gasteiger partial charge on any atom is 0.289 e. The average Bonchev–Trinajstić information content (AvgIpc) is 2.98. The number of hydrogen-bond acceptors (Lipinski definition) is 5. The number of oxazole rings is 1. The summed E-state index contributed by atoms with van der Waals surface area (Å²) in [5.74, 6) is 0.442. The summed E-state index contributed by atoms with van der Waals surface area (Å²) in [6.07, 6.45) is 0.810. The Morgan fingerprint density at radius 2 is 2.32 bits per heavy atom. The molecule has 1 fully saturated rings. The predicted octanol–water partition coefficient (Wildman–Crippen LogP) is 2.65. The molecular formula is C18H21FN2O4. The van der Waals surface area contributed by atoms with Crippen molar-refractivity contribution < 1.29 is 23.1 Å². The van der Waals surface area contributed by atoms with Crippen molar-refractivity contribution in [1.29, 1.82) is 0 Å². The molecule has 1 aromatic heterocycles. The molecular weight excluding hydrogens is 327 g/mol. The second kappa shape index (κ2) is 7.65. The number of ether oxygens (including phenoxy) is 2. The second-order valence-electron chi connectivity index (χ2n) is 5.93. The van der Waals surface area contributed by atoms with Crippen LogP contribution in [0.2, 0.25) is 0 Å². The van der Waals surface area contributed by atoms with Crippen LogP contribution in [0.3, 0.4) is 0 Å². The van der Waals surface area contributed by atoms with Crippen LogP contribution in [0.5, 0.6) is 5.75 Å². The van der Waals surface area contributed by atoms with Gasteiger partial charge in [-0.25, -0.2) is 9.37 Å². The lowest BCUT2D eigenvalue weighted by atomic mass is 10.1. The van der Waals surface area contributed by atoms with E-state index in [0.717, 1.165) is 0 Å². The maximum absolute atomic E-state index is 13.3. The van der Waals surface area contributed by atoms with Gasteiger partial charge in [0.1, 0.15) is 17.7 Å². The van der Waals surface area contributed by atoms with E-state index < -0.39 is 6.10 Å². The van der Waals surface area contributed by atoms with Crippen molar-refractivity contribution in [3.8, 4) is 5.75 Å². The Kier molecular flexibility index (Phi) is 5.33. The van der Waals surface area contributed by atoms with Crippen LogP contribution in [0.4, 0.5) is 4.39 Å². The number of aryl methyl sites for hydroxylation is 2. The van der Waals surface area contributed by atoms with E-state index >= 15 is 0 Å². The standard InChI is InChI=1S/C18H21FN2O4/c1-3-16-20-11(2)17(25-16)18(22)21-14-7-8-23-10-15(14)24-13-6-4-5-12(19)9-13/h4-6,9,14-15H,3,7-8,10H2,1-2H3,(H,21,22). The van der Waals surface area contributed by atoms with Crippen molar-refractivity contribution in [1.82, 2.24) is 10.3 Å². The number of rotatable bonds is 5. The third-order valence-electron chi connectivity index (χ3n) is 4.05. The van der Waals surface area contributed by atoms with Crippen LogP contribution in [-0.2, 0) is 11.2 Å². The lowest BCUT2D eigenvalue weighted by Crippen LogP contribution is -2.51. The lowest BCUT2D eigenvalue weighted by Gasteiger charge is -2.32. The number of carbonyl (C=O) groups excluding carboxylic acids is 1. The number of amides is 1. The van der Waals surface area contributed by atoms with Crippen molar-refractivity contribution in [3.05, 3.63) is 47.4 Å². The van der Waals surface area contributed by atoms with Gasteiger partial charge in [0.15, 0.2) is 5.89 Å². The van der Waals surface area contributed by atoms with Crippen LogP contribution in [-0.4, -0.2) is 36.3 Å². The minimum absolute atomic E-state index is 0.216. The van der Waals surface area contributed by atoms with Crippen LogP contribution in [0.1, 0.15) is 35.5 Å². The highest BCUT2D eigenvalue weighted by Crippen LogP contribution is 2.19. The number of aromatic nitrogens is 1. The topological polar surface area (TPSA) is 73.6 Å². The van der Waals surface area contributed by atoms with Gasteiger partial charge in [0.25, 0.3) is 5.91 Å². The van der Waals surface area contributed by atoms with E-state index in [1.165, 1.54) is 12.1 Å². The molecule has 0 saturated carbocycles. The zero-order valence-corrected chi connectivity index (χ0v) is 14.3. The third-order valence-corrected chi connectivity index (χ3v) is 4.05. The highest BCUT2D eigenvalue weighted by molar-refractivity contribution is 5.92. The molecule has 1 amide bonds. The Morgan fingerprint density at radius 1 is 1.48 bits per heavy atom. The number of nitrogens with zero attached hydrogens (tertiary/aromatic N) is 1. The molecule has 1 aliphatic heterocycles. The Labute approximate surface area is 145 Å². The normalized spacial score (nSPS) is 20.3. The van der Waals surface area contributed by atoms with Crippen molar-refractivity contribution >= 4 is 5.91 Å². The van der Waals surface area contributed by atoms with Gasteiger partial charge in [0, 0.05) is 19.1 Å². The first kappa shape index (κ1) is 17.4. The number of nitrogens with one attached hydrogen (secondary N) is 1. The molecule has 0 radical (unpaired) electrons. The maximum atomic E-state index is 13.3. The van der Waals surface area contributed by atoms with Gasteiger partial charge < -0.3 is 19.2 Å². The van der Waals surface area contributed by atoms with Crippen LogP contribution in [0.15, 0.2) is 28.7 Å². The molecule has 25 heavy (non-hydrogen) atoms. The van der Waals surface area contributed by atoms with Gasteiger partial charge in [-0.2, -0.15) is 0 Å². The zero-order valence-electron chi connectivity index (χ0n) is 14.3. The molecule has 1 aliphatic rings. The van der Waals surface area contributed by atoms with Crippen LogP contribution in [0, 0.1) is 12.7 Å². The molecule has 2 heterocycles. The van der Waals surface area contributed by atoms with Gasteiger partial charge in [-0.05, 0) is 25.5 Å². The van der Waals surface area contributed by atoms with Gasteiger partial charge in [-0.3, -0.25) is 4.79 Å². The number of hydrogen-bond donors (Lipinski definition) is 1. The van der Waals surface area contributed by atoms with Gasteiger partial charge in [-0.15, -0.1) is 0 Å². The third kappa shape index (κ3) is 4.17. The molecule has 2 unspecified atom stereocenters. The summed E-state index contributed by atoms with van der Waals surface area (Å²) in [4.78, 5) is 16.7. The van der Waals surface area contributed by atoms with E-state index in [1.807, 2.05) is 6.92 Å². The van der Waals surface area contributed by atoms with E-state index in [2.05, 4.69) is 10.3 Å². The Bertz CT molecular complexity index is 746. The van der Waals surface area contributed by atoms with E-state index in [9.17, 15) is 9.18 Å². The van der Waals surface area contributed by atoms with Crippen molar-refractivity contribution in [2.24, 2.45) is 0 Å². The summed E-state index contributed by atoms with van der Waals surface area (Å²) < 4.78 is 30.1. The number of benzene rings is 1. The van der Waals surface area contributed by atoms with Crippen LogP contribution in [0.25, 0.3) is 0 Å². The summed E-state index contributed by atoms with van der Waals surface area (Å²) in [6, 6.07) is 5.64. The fourth-order valence-corrected chi connectivity index (χ4v) is 2.76. The van der Waals surface area contributed by atoms with Gasteiger partial charge in [0.05, 0.1) is 18.3 Å². The van der Waals surface area contributed by atoms with E-state index in [4.69, 9.17) is 13.9 Å². The van der Waals surface area contributed by atoms with Crippen LogP contribution < -0.4 is 10.1 Å². The molecule has 0 aliphatic carbocycles. The van der Waals surface area contributed by atoms with E-state index in [1.54, 1.807) is 19.1 Å². The molecule has 1 saturated heterocycles. The first-order valence-electron chi connectivity index (χ1n) is 8.34. The average molecular weight is 348 g/mol. The first-order chi connectivity index (χ1) is 12.1. The smallest absolute Gasteiger partial charge is 0.289 e. The molecule has 2 atom stereocenters. The lowest BCUT2D eigenvalue weighted by molar-refractivity contribution is -0.0138. The number of halogens is 1. The van der Waals surface area contributed by atoms with E-state index in [0.29, 0.717) is 43.4 Å². The van der Waals surface area contributed by atoms with Gasteiger partial charge >= 0.3 is 0 Å². The van der Waals surface area contributed by atoms with Gasteiger partial charge in [0.2, 0.25) is 5.76 Å². The predicted molar refractivity (Wildman–Crippen MR) is 88.1 cm³/mol. The molecule has 134 valence electrons. The summed E-state index contributed by atoms with van der Waals surface area (Å²) in [7, 11) is 0. The quantitative estimate of drug-likeness (QED) is 0.899. The Morgan fingerprint density at radius 3 is 3.04 bits per heavy atom. The Hall–Kier alpha value is -2.41. The number of carbonyl (C=O) groups is 1. The minimum atomic E-state index is -0.409. The molecule has 3 rings (SSSR count). The summed E-state index contributed by atoms with van der Waals surface area (Å²) in [6.45, 7) is 4.48. The van der Waals surface area contributed by atoms with Gasteiger partial charge in [-0.1, -0.05) is 13.0 Å². The molecule has 0 spiro atoms. The summed E-state index contributed by atoms with van der Waals surface area (Å²) >= 11 is 0. The molecule has 1 aromatic carbocycles. The van der Waals surface area contributed by atoms with Crippen LogP contribution >= 0.6 is 0 Å². The highest BCUT2D eigenvalue weighted by Gasteiger charge is 2.30. The monoisotopic (exact) mass is 348 g/mol. The van der Waals surface area contributed by atoms with Crippen molar-refractivity contribution in [2.75, 3.05) is 13.2 Å². The fourth-order valence-electron chi connectivity index (χ4n) is 2.76. The fraction of sp³-hybridized carbons (Fsp3) is 0.444. The molecule has 0 bridgehead atoms. The largest absolute Gasteiger partial charge is 0.486 e. The van der Waals surface area contributed by atoms with Crippen molar-refractivity contribution in [2.45, 2.75) is 38.8 Å². The van der Waals surface area contributed by atoms with Crippen molar-refractivity contribution in [3.63, 3.8) is 0 Å². The SMILES string of the molecule is CCc1nc(C)c(C(=O)NC2CCOCC2Oc2cccc(F)c2)o1. The molecule has 2 aromatic rings. The minimum Gasteiger partial charge on any atom is -0.486 e. The summed E-state index contributed by atoms with van der Waals surface area (Å²) in [5, 5.41) is 2.93. The summed E-state index contributed by atoms with van der Waals surface area (Å²) in [5.41, 5.74) is 0.559. The molecule has 6 nitrogen and oxygen atoms in total. The Balaban J connectivity index is 1.70. The molecule has 1 N–H and O–H groups in total.